The average Bonchev–Trinajstić information content (AvgIpc) is 3.01. The van der Waals surface area contributed by atoms with E-state index in [1.807, 2.05) is 62.6 Å². The Bertz CT molecular complexity index is 912. The molecule has 2 fully saturated rings. The van der Waals surface area contributed by atoms with E-state index in [1.54, 1.807) is 23.6 Å². The summed E-state index contributed by atoms with van der Waals surface area (Å²) in [4.78, 5) is 47.3. The number of fused-ring (bicyclic) bond motifs is 2. The number of likely N-dealkylation sites (tertiary alicyclic amines) is 1. The minimum absolute atomic E-state index is 0.0119. The summed E-state index contributed by atoms with van der Waals surface area (Å²) in [6.45, 7) is 13.2. The fraction of sp³-hybridized carbons (Fsp3) is 0.720. The largest absolute Gasteiger partial charge is 0.394 e. The minimum Gasteiger partial charge on any atom is -0.394 e. The third kappa shape index (κ3) is 3.47. The summed E-state index contributed by atoms with van der Waals surface area (Å²) in [6.07, 6.45) is 8.99. The van der Waals surface area contributed by atoms with Gasteiger partial charge in [-0.3, -0.25) is 14.4 Å². The van der Waals surface area contributed by atoms with Gasteiger partial charge < -0.3 is 19.8 Å². The molecule has 0 radical (unpaired) electrons. The van der Waals surface area contributed by atoms with Crippen LogP contribution in [0.15, 0.2) is 24.3 Å². The van der Waals surface area contributed by atoms with Crippen molar-refractivity contribution in [2.24, 2.45) is 11.8 Å². The van der Waals surface area contributed by atoms with Crippen molar-refractivity contribution < 1.29 is 19.5 Å². The molecule has 182 valence electrons. The summed E-state index contributed by atoms with van der Waals surface area (Å²) in [5.41, 5.74) is -0.423. The second-order valence-corrected chi connectivity index (χ2v) is 12.8. The summed E-state index contributed by atoms with van der Waals surface area (Å²) >= 11 is 1.59. The number of aliphatic hydroxyl groups is 1. The Kier molecular flexibility index (Phi) is 6.01. The molecule has 4 aliphatic heterocycles. The molecule has 1 N–H and O–H groups in total. The van der Waals surface area contributed by atoms with Crippen LogP contribution in [0.1, 0.15) is 48.0 Å². The van der Waals surface area contributed by atoms with E-state index in [-0.39, 0.29) is 24.3 Å². The number of nitrogens with zero attached hydrogens (tertiary/aromatic N) is 3. The lowest BCUT2D eigenvalue weighted by Crippen LogP contribution is -2.59. The van der Waals surface area contributed by atoms with Crippen molar-refractivity contribution in [2.75, 3.05) is 26.2 Å². The zero-order valence-electron chi connectivity index (χ0n) is 20.6. The monoisotopic (exact) mass is 475 g/mol. The van der Waals surface area contributed by atoms with Crippen LogP contribution < -0.4 is 0 Å². The Hall–Kier alpha value is -1.80. The van der Waals surface area contributed by atoms with E-state index in [0.29, 0.717) is 19.6 Å². The van der Waals surface area contributed by atoms with Crippen LogP contribution in [0.3, 0.4) is 0 Å². The van der Waals surface area contributed by atoms with Crippen molar-refractivity contribution in [3.8, 4) is 0 Å². The minimum atomic E-state index is -0.855. The lowest BCUT2D eigenvalue weighted by Gasteiger charge is -2.42. The van der Waals surface area contributed by atoms with Crippen molar-refractivity contribution in [3.63, 3.8) is 0 Å². The first-order valence-electron chi connectivity index (χ1n) is 12.0. The maximum absolute atomic E-state index is 14.1. The highest BCUT2D eigenvalue weighted by atomic mass is 32.2. The predicted molar refractivity (Wildman–Crippen MR) is 130 cm³/mol. The molecular weight excluding hydrogens is 438 g/mol. The van der Waals surface area contributed by atoms with E-state index in [2.05, 4.69) is 6.08 Å². The summed E-state index contributed by atoms with van der Waals surface area (Å²) in [5.74, 6) is -1.53. The van der Waals surface area contributed by atoms with Gasteiger partial charge in [0.15, 0.2) is 0 Å². The first-order valence-corrected chi connectivity index (χ1v) is 12.8. The molecule has 1 unspecified atom stereocenters. The SMILES string of the molecule is CCCN1CC=C[C@@]2(C)S[C@]34C=CCN(C(C)(C)C)C(=O)C3N([C@H](C)CO)C(=O)[C@@H]4[C@H]2C1=O. The Morgan fingerprint density at radius 3 is 2.36 bits per heavy atom. The first kappa shape index (κ1) is 24.3. The third-order valence-electron chi connectivity index (χ3n) is 7.62. The van der Waals surface area contributed by atoms with Crippen LogP contribution in [0, 0.1) is 11.8 Å². The number of hydrogen-bond donors (Lipinski definition) is 1. The number of thioether (sulfide) groups is 1. The fourth-order valence-corrected chi connectivity index (χ4v) is 8.29. The molecule has 1 spiro atoms. The molecule has 7 nitrogen and oxygen atoms in total. The van der Waals surface area contributed by atoms with Gasteiger partial charge in [-0.25, -0.2) is 0 Å². The maximum atomic E-state index is 14.1. The molecule has 0 aromatic carbocycles. The fourth-order valence-electron chi connectivity index (χ4n) is 6.15. The van der Waals surface area contributed by atoms with Crippen molar-refractivity contribution in [1.82, 2.24) is 14.7 Å². The van der Waals surface area contributed by atoms with Crippen molar-refractivity contribution in [2.45, 2.75) is 75.1 Å². The quantitative estimate of drug-likeness (QED) is 0.630. The van der Waals surface area contributed by atoms with Gasteiger partial charge in [0.05, 0.1) is 29.2 Å². The lowest BCUT2D eigenvalue weighted by molar-refractivity contribution is -0.148. The Balaban J connectivity index is 1.90. The molecule has 3 amide bonds. The van der Waals surface area contributed by atoms with Crippen LogP contribution in [-0.2, 0) is 14.4 Å². The van der Waals surface area contributed by atoms with Gasteiger partial charge in [0.1, 0.15) is 6.04 Å². The highest BCUT2D eigenvalue weighted by molar-refractivity contribution is 8.02. The molecule has 8 heteroatoms. The average molecular weight is 476 g/mol. The summed E-state index contributed by atoms with van der Waals surface area (Å²) in [6, 6.07) is -1.28. The number of carbonyl (C=O) groups is 3. The summed E-state index contributed by atoms with van der Waals surface area (Å²) in [7, 11) is 0. The second-order valence-electron chi connectivity index (χ2n) is 11.0. The van der Waals surface area contributed by atoms with Crippen LogP contribution in [0.5, 0.6) is 0 Å². The van der Waals surface area contributed by atoms with E-state index in [1.165, 1.54) is 0 Å². The normalized spacial score (nSPS) is 37.1. The molecule has 4 rings (SSSR count). The molecule has 0 aromatic rings. The Morgan fingerprint density at radius 1 is 1.09 bits per heavy atom. The van der Waals surface area contributed by atoms with Gasteiger partial charge >= 0.3 is 0 Å². The molecular formula is C25H37N3O4S. The lowest BCUT2D eigenvalue weighted by atomic mass is 9.74. The Labute approximate surface area is 201 Å². The number of rotatable bonds is 4. The standard InChI is InChI=1S/C25H37N3O4S/c1-7-12-26-13-8-10-24(6)17(20(26)30)18-21(31)28(16(2)15-29)19-22(32)27(23(3,4)5)14-9-11-25(18,19)33-24/h8-11,16-19,29H,7,12-15H2,1-6H3/t16-,17+,18+,19?,24-,25+/m1/s1. The van der Waals surface area contributed by atoms with Crippen LogP contribution >= 0.6 is 11.8 Å². The van der Waals surface area contributed by atoms with Crippen LogP contribution in [0.4, 0.5) is 0 Å². The van der Waals surface area contributed by atoms with Gasteiger partial charge in [0.2, 0.25) is 17.7 Å². The molecule has 33 heavy (non-hydrogen) atoms. The number of hydrogen-bond acceptors (Lipinski definition) is 5. The van der Waals surface area contributed by atoms with Gasteiger partial charge in [0, 0.05) is 29.9 Å². The van der Waals surface area contributed by atoms with E-state index < -0.39 is 39.0 Å². The molecule has 6 atom stereocenters. The van der Waals surface area contributed by atoms with Crippen molar-refractivity contribution in [1.29, 1.82) is 0 Å². The summed E-state index contributed by atoms with van der Waals surface area (Å²) in [5, 5.41) is 10.0. The molecule has 0 aromatic heterocycles. The zero-order valence-corrected chi connectivity index (χ0v) is 21.4. The molecule has 0 aliphatic carbocycles. The van der Waals surface area contributed by atoms with Gasteiger partial charge in [-0.15, -0.1) is 11.8 Å². The molecule has 4 aliphatic rings. The molecule has 2 saturated heterocycles. The molecule has 0 bridgehead atoms. The topological polar surface area (TPSA) is 81.2 Å². The van der Waals surface area contributed by atoms with Crippen LogP contribution in [0.25, 0.3) is 0 Å². The maximum Gasteiger partial charge on any atom is 0.247 e. The van der Waals surface area contributed by atoms with Gasteiger partial charge in [-0.1, -0.05) is 31.2 Å². The highest BCUT2D eigenvalue weighted by Gasteiger charge is 2.74. The van der Waals surface area contributed by atoms with Gasteiger partial charge in [0.25, 0.3) is 0 Å². The second kappa shape index (κ2) is 8.15. The van der Waals surface area contributed by atoms with Gasteiger partial charge in [-0.05, 0) is 41.0 Å². The van der Waals surface area contributed by atoms with E-state index >= 15 is 0 Å². The van der Waals surface area contributed by atoms with E-state index in [0.717, 1.165) is 6.42 Å². The number of aliphatic hydroxyl groups excluding tert-OH is 1. The number of amides is 3. The first-order chi connectivity index (χ1) is 15.4. The van der Waals surface area contributed by atoms with Gasteiger partial charge in [-0.2, -0.15) is 0 Å². The Morgan fingerprint density at radius 2 is 1.76 bits per heavy atom. The zero-order chi connectivity index (χ0) is 24.3. The predicted octanol–water partition coefficient (Wildman–Crippen LogP) is 2.06. The molecule has 4 heterocycles. The van der Waals surface area contributed by atoms with Crippen molar-refractivity contribution in [3.05, 3.63) is 24.3 Å². The van der Waals surface area contributed by atoms with E-state index in [4.69, 9.17) is 0 Å². The third-order valence-corrected chi connectivity index (χ3v) is 9.42. The molecule has 0 saturated carbocycles. The van der Waals surface area contributed by atoms with E-state index in [9.17, 15) is 19.5 Å². The van der Waals surface area contributed by atoms with Crippen molar-refractivity contribution >= 4 is 29.5 Å². The summed E-state index contributed by atoms with van der Waals surface area (Å²) < 4.78 is -1.44. The number of carbonyl (C=O) groups excluding carboxylic acids is 3. The van der Waals surface area contributed by atoms with Crippen LogP contribution in [-0.4, -0.2) is 90.9 Å². The van der Waals surface area contributed by atoms with Crippen LogP contribution in [0.2, 0.25) is 0 Å². The highest BCUT2D eigenvalue weighted by Crippen LogP contribution is 2.65. The smallest absolute Gasteiger partial charge is 0.247 e.